The number of carbonyl (C=O) groups excluding carboxylic acids is 3. The SMILES string of the molecule is CNC(=O)C(CCC=O)c1ccc(CCCCC=O)cc1. The molecular formula is C17H23NO3. The molecule has 1 rings (SSSR count). The highest BCUT2D eigenvalue weighted by molar-refractivity contribution is 5.83. The van der Waals surface area contributed by atoms with E-state index in [0.29, 0.717) is 19.3 Å². The molecule has 4 nitrogen and oxygen atoms in total. The van der Waals surface area contributed by atoms with Gasteiger partial charge in [0.15, 0.2) is 0 Å². The second kappa shape index (κ2) is 9.86. The van der Waals surface area contributed by atoms with Crippen LogP contribution in [0.1, 0.15) is 49.1 Å². The number of nitrogens with one attached hydrogen (secondary N) is 1. The van der Waals surface area contributed by atoms with Gasteiger partial charge in [0.25, 0.3) is 0 Å². The van der Waals surface area contributed by atoms with E-state index in [9.17, 15) is 14.4 Å². The van der Waals surface area contributed by atoms with Crippen molar-refractivity contribution in [3.05, 3.63) is 35.4 Å². The Morgan fingerprint density at radius 2 is 1.76 bits per heavy atom. The maximum Gasteiger partial charge on any atom is 0.227 e. The number of likely N-dealkylation sites (N-methyl/N-ethyl adjacent to an activating group) is 1. The van der Waals surface area contributed by atoms with E-state index in [2.05, 4.69) is 5.32 Å². The van der Waals surface area contributed by atoms with E-state index in [1.54, 1.807) is 7.05 Å². The molecule has 0 aliphatic rings. The van der Waals surface area contributed by atoms with Crippen LogP contribution in [0.2, 0.25) is 0 Å². The Bertz CT molecular complexity index is 454. The van der Waals surface area contributed by atoms with Gasteiger partial charge in [0.05, 0.1) is 5.92 Å². The summed E-state index contributed by atoms with van der Waals surface area (Å²) in [4.78, 5) is 32.7. The van der Waals surface area contributed by atoms with Crippen LogP contribution in [0.15, 0.2) is 24.3 Å². The molecule has 0 aliphatic carbocycles. The van der Waals surface area contributed by atoms with Crippen molar-refractivity contribution in [2.45, 2.75) is 44.4 Å². The smallest absolute Gasteiger partial charge is 0.227 e. The average molecular weight is 289 g/mol. The fourth-order valence-electron chi connectivity index (χ4n) is 2.33. The van der Waals surface area contributed by atoms with E-state index < -0.39 is 0 Å². The summed E-state index contributed by atoms with van der Waals surface area (Å²) in [5.41, 5.74) is 2.14. The fourth-order valence-corrected chi connectivity index (χ4v) is 2.33. The molecule has 21 heavy (non-hydrogen) atoms. The van der Waals surface area contributed by atoms with Crippen LogP contribution in [-0.4, -0.2) is 25.5 Å². The van der Waals surface area contributed by atoms with Gasteiger partial charge >= 0.3 is 0 Å². The van der Waals surface area contributed by atoms with Gasteiger partial charge in [-0.3, -0.25) is 4.79 Å². The van der Waals surface area contributed by atoms with E-state index in [1.165, 1.54) is 5.56 Å². The minimum atomic E-state index is -0.274. The highest BCUT2D eigenvalue weighted by atomic mass is 16.1. The molecule has 0 aliphatic heterocycles. The Labute approximate surface area is 125 Å². The maximum atomic E-state index is 11.9. The molecule has 4 heteroatoms. The summed E-state index contributed by atoms with van der Waals surface area (Å²) in [6.07, 6.45) is 6.15. The fraction of sp³-hybridized carbons (Fsp3) is 0.471. The van der Waals surface area contributed by atoms with Crippen LogP contribution < -0.4 is 5.32 Å². The van der Waals surface area contributed by atoms with Crippen molar-refractivity contribution in [2.75, 3.05) is 7.05 Å². The van der Waals surface area contributed by atoms with Crippen LogP contribution in [0.5, 0.6) is 0 Å². The van der Waals surface area contributed by atoms with Crippen molar-refractivity contribution < 1.29 is 14.4 Å². The number of unbranched alkanes of at least 4 members (excludes halogenated alkanes) is 2. The molecule has 1 unspecified atom stereocenters. The van der Waals surface area contributed by atoms with Crippen molar-refractivity contribution in [3.63, 3.8) is 0 Å². The standard InChI is InChI=1S/C17H23NO3/c1-18-17(21)16(7-5-13-20)15-10-8-14(9-11-15)6-3-2-4-12-19/h8-13,16H,2-7H2,1H3,(H,18,21). The first-order valence-corrected chi connectivity index (χ1v) is 7.40. The molecule has 1 atom stereocenters. The quantitative estimate of drug-likeness (QED) is 0.531. The summed E-state index contributed by atoms with van der Waals surface area (Å²) in [5, 5.41) is 2.65. The van der Waals surface area contributed by atoms with Gasteiger partial charge in [0, 0.05) is 19.9 Å². The van der Waals surface area contributed by atoms with Crippen LogP contribution in [-0.2, 0) is 20.8 Å². The monoisotopic (exact) mass is 289 g/mol. The Hall–Kier alpha value is -1.97. The first kappa shape index (κ1) is 17.1. The van der Waals surface area contributed by atoms with Crippen molar-refractivity contribution in [1.29, 1.82) is 0 Å². The third-order valence-corrected chi connectivity index (χ3v) is 3.56. The van der Waals surface area contributed by atoms with Crippen LogP contribution >= 0.6 is 0 Å². The van der Waals surface area contributed by atoms with Crippen molar-refractivity contribution in [2.24, 2.45) is 0 Å². The van der Waals surface area contributed by atoms with Gasteiger partial charge in [-0.1, -0.05) is 24.3 Å². The Morgan fingerprint density at radius 1 is 1.10 bits per heavy atom. The lowest BCUT2D eigenvalue weighted by Crippen LogP contribution is -2.25. The first-order valence-electron chi connectivity index (χ1n) is 7.40. The minimum Gasteiger partial charge on any atom is -0.359 e. The highest BCUT2D eigenvalue weighted by Gasteiger charge is 2.18. The zero-order chi connectivity index (χ0) is 15.5. The Kier molecular flexibility index (Phi) is 8.02. The summed E-state index contributed by atoms with van der Waals surface area (Å²) >= 11 is 0. The van der Waals surface area contributed by atoms with Crippen molar-refractivity contribution in [1.82, 2.24) is 5.32 Å². The van der Waals surface area contributed by atoms with Gasteiger partial charge < -0.3 is 14.9 Å². The van der Waals surface area contributed by atoms with E-state index in [1.807, 2.05) is 24.3 Å². The molecule has 0 saturated heterocycles. The van der Waals surface area contributed by atoms with Gasteiger partial charge in [0.1, 0.15) is 12.6 Å². The molecule has 0 radical (unpaired) electrons. The van der Waals surface area contributed by atoms with E-state index in [0.717, 1.165) is 37.4 Å². The largest absolute Gasteiger partial charge is 0.359 e. The lowest BCUT2D eigenvalue weighted by molar-refractivity contribution is -0.122. The van der Waals surface area contributed by atoms with E-state index in [-0.39, 0.29) is 11.8 Å². The molecule has 1 aromatic carbocycles. The van der Waals surface area contributed by atoms with Gasteiger partial charge in [-0.25, -0.2) is 0 Å². The number of aryl methyl sites for hydroxylation is 1. The number of rotatable bonds is 10. The lowest BCUT2D eigenvalue weighted by atomic mass is 9.92. The van der Waals surface area contributed by atoms with Crippen LogP contribution in [0.3, 0.4) is 0 Å². The predicted octanol–water partition coefficient (Wildman–Crippen LogP) is 2.41. The second-order valence-electron chi connectivity index (χ2n) is 5.06. The normalized spacial score (nSPS) is 11.7. The maximum absolute atomic E-state index is 11.9. The van der Waals surface area contributed by atoms with Crippen molar-refractivity contribution >= 4 is 18.5 Å². The molecule has 0 aromatic heterocycles. The van der Waals surface area contributed by atoms with E-state index >= 15 is 0 Å². The van der Waals surface area contributed by atoms with Gasteiger partial charge in [-0.05, 0) is 36.8 Å². The second-order valence-corrected chi connectivity index (χ2v) is 5.06. The molecule has 1 aromatic rings. The molecule has 114 valence electrons. The summed E-state index contributed by atoms with van der Waals surface area (Å²) in [5.74, 6) is -0.333. The average Bonchev–Trinajstić information content (AvgIpc) is 2.53. The number of aldehydes is 2. The van der Waals surface area contributed by atoms with Crippen LogP contribution in [0.4, 0.5) is 0 Å². The number of hydrogen-bond donors (Lipinski definition) is 1. The summed E-state index contributed by atoms with van der Waals surface area (Å²) in [6, 6.07) is 7.96. The molecule has 0 saturated carbocycles. The highest BCUT2D eigenvalue weighted by Crippen LogP contribution is 2.22. The third-order valence-electron chi connectivity index (χ3n) is 3.56. The number of hydrogen-bond acceptors (Lipinski definition) is 3. The van der Waals surface area contributed by atoms with Crippen molar-refractivity contribution in [3.8, 4) is 0 Å². The number of carbonyl (C=O) groups is 3. The molecule has 0 fully saturated rings. The van der Waals surface area contributed by atoms with Crippen LogP contribution in [0, 0.1) is 0 Å². The van der Waals surface area contributed by atoms with E-state index in [4.69, 9.17) is 0 Å². The summed E-state index contributed by atoms with van der Waals surface area (Å²) < 4.78 is 0. The lowest BCUT2D eigenvalue weighted by Gasteiger charge is -2.15. The zero-order valence-electron chi connectivity index (χ0n) is 12.5. The van der Waals surface area contributed by atoms with Gasteiger partial charge in [-0.15, -0.1) is 0 Å². The zero-order valence-corrected chi connectivity index (χ0v) is 12.5. The molecule has 1 amide bonds. The van der Waals surface area contributed by atoms with Gasteiger partial charge in [-0.2, -0.15) is 0 Å². The molecule has 0 spiro atoms. The predicted molar refractivity (Wildman–Crippen MR) is 82.2 cm³/mol. The van der Waals surface area contributed by atoms with Crippen LogP contribution in [0.25, 0.3) is 0 Å². The number of amides is 1. The molecule has 0 heterocycles. The molecular weight excluding hydrogens is 266 g/mol. The summed E-state index contributed by atoms with van der Waals surface area (Å²) in [7, 11) is 1.61. The Morgan fingerprint density at radius 3 is 2.33 bits per heavy atom. The molecule has 0 bridgehead atoms. The number of benzene rings is 1. The molecule has 1 N–H and O–H groups in total. The van der Waals surface area contributed by atoms with Gasteiger partial charge in [0.2, 0.25) is 5.91 Å². The third kappa shape index (κ3) is 5.90. The summed E-state index contributed by atoms with van der Waals surface area (Å²) in [6.45, 7) is 0. The first-order chi connectivity index (χ1) is 10.2. The Balaban J connectivity index is 2.65. The minimum absolute atomic E-state index is 0.0596. The topological polar surface area (TPSA) is 63.2 Å².